The van der Waals surface area contributed by atoms with Crippen LogP contribution in [0.5, 0.6) is 0 Å². The van der Waals surface area contributed by atoms with Gasteiger partial charge in [-0.15, -0.1) is 0 Å². The van der Waals surface area contributed by atoms with Crippen molar-refractivity contribution < 1.29 is 9.00 Å². The number of hydrogen-bond donors (Lipinski definition) is 1. The van der Waals surface area contributed by atoms with E-state index >= 15 is 0 Å². The van der Waals surface area contributed by atoms with E-state index in [0.29, 0.717) is 16.2 Å². The van der Waals surface area contributed by atoms with Crippen molar-refractivity contribution in [3.63, 3.8) is 0 Å². The van der Waals surface area contributed by atoms with E-state index < -0.39 is 10.8 Å². The highest BCUT2D eigenvalue weighted by Crippen LogP contribution is 2.22. The number of imidazole rings is 1. The molecule has 4 aromatic rings. The predicted molar refractivity (Wildman–Crippen MR) is 114 cm³/mol. The van der Waals surface area contributed by atoms with Crippen molar-refractivity contribution in [1.29, 1.82) is 0 Å². The van der Waals surface area contributed by atoms with Crippen LogP contribution in [-0.4, -0.2) is 31.7 Å². The predicted octanol–water partition coefficient (Wildman–Crippen LogP) is 3.40. The van der Waals surface area contributed by atoms with E-state index in [-0.39, 0.29) is 5.91 Å². The van der Waals surface area contributed by atoms with Gasteiger partial charge in [-0.2, -0.15) is 0 Å². The van der Waals surface area contributed by atoms with Gasteiger partial charge in [0.2, 0.25) is 0 Å². The van der Waals surface area contributed by atoms with Gasteiger partial charge in [0.1, 0.15) is 11.3 Å². The molecule has 1 amide bonds. The van der Waals surface area contributed by atoms with Crippen LogP contribution >= 0.6 is 0 Å². The summed E-state index contributed by atoms with van der Waals surface area (Å²) in [5.41, 5.74) is 4.20. The first-order valence-corrected chi connectivity index (χ1v) is 10.5. The molecule has 2 aromatic heterocycles. The summed E-state index contributed by atoms with van der Waals surface area (Å²) in [4.78, 5) is 21.3. The Morgan fingerprint density at radius 2 is 1.86 bits per heavy atom. The van der Waals surface area contributed by atoms with E-state index in [0.717, 1.165) is 28.1 Å². The third-order valence-corrected chi connectivity index (χ3v) is 6.16. The second-order valence-corrected chi connectivity index (χ2v) is 8.01. The summed E-state index contributed by atoms with van der Waals surface area (Å²) < 4.78 is 15.0. The fourth-order valence-corrected chi connectivity index (χ4v) is 4.62. The molecule has 2 aromatic carbocycles. The first kappa shape index (κ1) is 19.0. The van der Waals surface area contributed by atoms with Gasteiger partial charge < -0.3 is 5.32 Å². The third kappa shape index (κ3) is 3.69. The fourth-order valence-electron chi connectivity index (χ4n) is 3.34. The van der Waals surface area contributed by atoms with Gasteiger partial charge in [-0.3, -0.25) is 18.6 Å². The normalized spacial score (nSPS) is 12.1. The Bertz CT molecular complexity index is 1220. The number of benzene rings is 2. The molecular weight excluding hydrogens is 384 g/mol. The molecular formula is C22H20N4O2S. The molecule has 1 unspecified atom stereocenters. The molecule has 0 bridgehead atoms. The van der Waals surface area contributed by atoms with Gasteiger partial charge in [0.05, 0.1) is 38.7 Å². The van der Waals surface area contributed by atoms with Crippen molar-refractivity contribution in [3.05, 3.63) is 83.9 Å². The molecule has 7 heteroatoms. The molecule has 0 fully saturated rings. The number of nitrogens with zero attached hydrogens (tertiary/aromatic N) is 3. The first-order valence-electron chi connectivity index (χ1n) is 9.16. The number of rotatable bonds is 5. The van der Waals surface area contributed by atoms with Crippen molar-refractivity contribution >= 4 is 27.7 Å². The van der Waals surface area contributed by atoms with E-state index in [1.807, 2.05) is 37.3 Å². The van der Waals surface area contributed by atoms with Crippen LogP contribution in [0.2, 0.25) is 0 Å². The van der Waals surface area contributed by atoms with Crippen molar-refractivity contribution in [2.45, 2.75) is 17.6 Å². The second-order valence-electron chi connectivity index (χ2n) is 6.59. The Morgan fingerprint density at radius 1 is 1.10 bits per heavy atom. The van der Waals surface area contributed by atoms with Crippen LogP contribution in [0.25, 0.3) is 16.7 Å². The number of carbonyl (C=O) groups is 1. The summed E-state index contributed by atoms with van der Waals surface area (Å²) in [7, 11) is 0.242. The van der Waals surface area contributed by atoms with E-state index in [4.69, 9.17) is 0 Å². The number of aryl methyl sites for hydroxylation is 1. The van der Waals surface area contributed by atoms with Crippen LogP contribution in [0.15, 0.2) is 71.9 Å². The van der Waals surface area contributed by atoms with E-state index in [1.165, 1.54) is 0 Å². The Balaban J connectivity index is 1.60. The summed E-state index contributed by atoms with van der Waals surface area (Å²) in [5.74, 6) is 0.979. The molecule has 0 radical (unpaired) electrons. The summed E-state index contributed by atoms with van der Waals surface area (Å²) in [6, 6.07) is 16.8. The zero-order valence-corrected chi connectivity index (χ0v) is 16.9. The lowest BCUT2D eigenvalue weighted by Crippen LogP contribution is -2.20. The molecule has 0 aliphatic carbocycles. The number of amides is 1. The van der Waals surface area contributed by atoms with E-state index in [1.54, 1.807) is 43.7 Å². The van der Waals surface area contributed by atoms with Gasteiger partial charge in [0, 0.05) is 18.9 Å². The Hall–Kier alpha value is -3.32. The van der Waals surface area contributed by atoms with Gasteiger partial charge in [-0.25, -0.2) is 4.98 Å². The average molecular weight is 404 g/mol. The van der Waals surface area contributed by atoms with Gasteiger partial charge in [0.25, 0.3) is 5.91 Å². The zero-order valence-electron chi connectivity index (χ0n) is 16.1. The maximum atomic E-state index is 12.9. The number of aromatic nitrogens is 3. The van der Waals surface area contributed by atoms with E-state index in [9.17, 15) is 9.00 Å². The molecule has 146 valence electrons. The lowest BCUT2D eigenvalue weighted by atomic mass is 10.2. The van der Waals surface area contributed by atoms with E-state index in [2.05, 4.69) is 19.9 Å². The smallest absolute Gasteiger partial charge is 0.252 e. The monoisotopic (exact) mass is 404 g/mol. The van der Waals surface area contributed by atoms with Gasteiger partial charge >= 0.3 is 0 Å². The highest BCUT2D eigenvalue weighted by atomic mass is 32.2. The van der Waals surface area contributed by atoms with Gasteiger partial charge in [-0.05, 0) is 42.8 Å². The van der Waals surface area contributed by atoms with Gasteiger partial charge in [0.15, 0.2) is 0 Å². The highest BCUT2D eigenvalue weighted by Gasteiger charge is 2.15. The van der Waals surface area contributed by atoms with Crippen LogP contribution in [0.4, 0.5) is 0 Å². The van der Waals surface area contributed by atoms with Crippen LogP contribution in [0.3, 0.4) is 0 Å². The van der Waals surface area contributed by atoms with Crippen LogP contribution in [0, 0.1) is 6.92 Å². The molecule has 0 saturated heterocycles. The van der Waals surface area contributed by atoms with Crippen molar-refractivity contribution in [1.82, 2.24) is 19.9 Å². The molecule has 1 N–H and O–H groups in total. The summed E-state index contributed by atoms with van der Waals surface area (Å²) in [6.45, 7) is 1.96. The minimum Gasteiger partial charge on any atom is -0.355 e. The van der Waals surface area contributed by atoms with Crippen molar-refractivity contribution in [2.75, 3.05) is 7.05 Å². The fraction of sp³-hybridized carbons (Fsp3) is 0.136. The minimum atomic E-state index is -1.33. The first-order chi connectivity index (χ1) is 14.1. The Morgan fingerprint density at radius 3 is 2.62 bits per heavy atom. The third-order valence-electron chi connectivity index (χ3n) is 4.72. The molecule has 0 aliphatic rings. The minimum absolute atomic E-state index is 0.235. The largest absolute Gasteiger partial charge is 0.355 e. The maximum Gasteiger partial charge on any atom is 0.252 e. The summed E-state index contributed by atoms with van der Waals surface area (Å²) in [5, 5.41) is 2.60. The number of fused-ring (bicyclic) bond motifs is 1. The molecule has 1 atom stereocenters. The Kier molecular flexibility index (Phi) is 5.22. The number of pyridine rings is 1. The SMILES string of the molecule is CNC(=O)c1ccccc1S(=O)Cc1ccc(-n2c(C)nc3cnccc32)cc1. The number of carbonyl (C=O) groups excluding carboxylic acids is 1. The molecule has 29 heavy (non-hydrogen) atoms. The number of hydrogen-bond acceptors (Lipinski definition) is 4. The zero-order chi connectivity index (χ0) is 20.4. The number of nitrogens with one attached hydrogen (secondary N) is 1. The topological polar surface area (TPSA) is 76.9 Å². The maximum absolute atomic E-state index is 12.9. The average Bonchev–Trinajstić information content (AvgIpc) is 3.09. The molecule has 0 aliphatic heterocycles. The molecule has 4 rings (SSSR count). The van der Waals surface area contributed by atoms with Crippen molar-refractivity contribution in [3.8, 4) is 5.69 Å². The van der Waals surface area contributed by atoms with Crippen LogP contribution in [0.1, 0.15) is 21.7 Å². The molecule has 6 nitrogen and oxygen atoms in total. The lowest BCUT2D eigenvalue weighted by Gasteiger charge is -2.10. The van der Waals surface area contributed by atoms with Crippen LogP contribution in [-0.2, 0) is 16.6 Å². The molecule has 0 saturated carbocycles. The van der Waals surface area contributed by atoms with Gasteiger partial charge in [-0.1, -0.05) is 24.3 Å². The summed E-state index contributed by atoms with van der Waals surface area (Å²) in [6.07, 6.45) is 3.50. The summed E-state index contributed by atoms with van der Waals surface area (Å²) >= 11 is 0. The second kappa shape index (κ2) is 7.97. The van der Waals surface area contributed by atoms with Crippen LogP contribution < -0.4 is 5.32 Å². The lowest BCUT2D eigenvalue weighted by molar-refractivity contribution is 0.0960. The molecule has 0 spiro atoms. The van der Waals surface area contributed by atoms with Crippen molar-refractivity contribution in [2.24, 2.45) is 0 Å². The standard InChI is InChI=1S/C22H20N4O2S/c1-15-25-19-13-24-12-11-20(19)26(15)17-9-7-16(8-10-17)14-29(28)21-6-4-3-5-18(21)22(27)23-2/h3-13H,14H2,1-2H3,(H,23,27). The highest BCUT2D eigenvalue weighted by molar-refractivity contribution is 7.84. The molecule has 2 heterocycles. The quantitative estimate of drug-likeness (QED) is 0.553. The Labute approximate surface area is 171 Å².